The summed E-state index contributed by atoms with van der Waals surface area (Å²) in [5, 5.41) is 3.48. The van der Waals surface area contributed by atoms with Crippen LogP contribution in [0.5, 0.6) is 0 Å². The van der Waals surface area contributed by atoms with E-state index in [9.17, 15) is 18.0 Å². The molecule has 3 rings (SSSR count). The standard InChI is InChI=1S/C21H20F3N3OS/c1-13-17(29-19(27-13)16-9-4-5-10-25-16)18(28)26-12-20(2,3)14-7-6-8-15(11-14)21(22,23)24/h4-11H,12H2,1-3H3,(H,26,28). The molecule has 2 aromatic heterocycles. The van der Waals surface area contributed by atoms with Crippen LogP contribution in [0.3, 0.4) is 0 Å². The molecule has 2 heterocycles. The fraction of sp³-hybridized carbons (Fsp3) is 0.286. The Kier molecular flexibility index (Phi) is 5.75. The number of nitrogens with one attached hydrogen (secondary N) is 1. The Morgan fingerprint density at radius 1 is 1.10 bits per heavy atom. The Labute approximate surface area is 170 Å². The third-order valence-electron chi connectivity index (χ3n) is 4.55. The van der Waals surface area contributed by atoms with Gasteiger partial charge in [0.05, 0.1) is 17.0 Å². The lowest BCUT2D eigenvalue weighted by molar-refractivity contribution is -0.137. The average Bonchev–Trinajstić information content (AvgIpc) is 3.08. The van der Waals surface area contributed by atoms with Gasteiger partial charge in [0.25, 0.3) is 5.91 Å². The highest BCUT2D eigenvalue weighted by molar-refractivity contribution is 7.17. The van der Waals surface area contributed by atoms with Crippen molar-refractivity contribution in [3.05, 3.63) is 70.4 Å². The molecule has 0 radical (unpaired) electrons. The van der Waals surface area contributed by atoms with Crippen LogP contribution in [0.4, 0.5) is 13.2 Å². The molecule has 0 aliphatic heterocycles. The molecule has 0 unspecified atom stereocenters. The van der Waals surface area contributed by atoms with Gasteiger partial charge in [-0.3, -0.25) is 9.78 Å². The van der Waals surface area contributed by atoms with Crippen molar-refractivity contribution in [1.29, 1.82) is 0 Å². The van der Waals surface area contributed by atoms with Gasteiger partial charge in [0.2, 0.25) is 0 Å². The number of hydrogen-bond acceptors (Lipinski definition) is 4. The first-order chi connectivity index (χ1) is 13.6. The molecule has 3 aromatic rings. The smallest absolute Gasteiger partial charge is 0.350 e. The summed E-state index contributed by atoms with van der Waals surface area (Å²) in [7, 11) is 0. The summed E-state index contributed by atoms with van der Waals surface area (Å²) >= 11 is 1.24. The number of hydrogen-bond donors (Lipinski definition) is 1. The first kappa shape index (κ1) is 21.0. The van der Waals surface area contributed by atoms with E-state index in [2.05, 4.69) is 15.3 Å². The topological polar surface area (TPSA) is 54.9 Å². The number of aryl methyl sites for hydroxylation is 1. The molecule has 1 amide bonds. The number of carbonyl (C=O) groups is 1. The minimum absolute atomic E-state index is 0.184. The first-order valence-corrected chi connectivity index (χ1v) is 9.74. The second-order valence-corrected chi connectivity index (χ2v) is 8.29. The minimum Gasteiger partial charge on any atom is -0.350 e. The lowest BCUT2D eigenvalue weighted by Gasteiger charge is -2.26. The van der Waals surface area contributed by atoms with Crippen LogP contribution in [-0.2, 0) is 11.6 Å². The van der Waals surface area contributed by atoms with E-state index in [4.69, 9.17) is 0 Å². The van der Waals surface area contributed by atoms with Gasteiger partial charge in [0, 0.05) is 18.2 Å². The van der Waals surface area contributed by atoms with Crippen molar-refractivity contribution in [3.8, 4) is 10.7 Å². The van der Waals surface area contributed by atoms with Crippen LogP contribution >= 0.6 is 11.3 Å². The number of rotatable bonds is 5. The average molecular weight is 419 g/mol. The van der Waals surface area contributed by atoms with Crippen LogP contribution in [-0.4, -0.2) is 22.4 Å². The van der Waals surface area contributed by atoms with E-state index in [0.717, 1.165) is 12.1 Å². The van der Waals surface area contributed by atoms with Crippen molar-refractivity contribution >= 4 is 17.2 Å². The quantitative estimate of drug-likeness (QED) is 0.615. The third-order valence-corrected chi connectivity index (χ3v) is 5.73. The predicted molar refractivity (Wildman–Crippen MR) is 107 cm³/mol. The number of alkyl halides is 3. The maximum atomic E-state index is 13.0. The molecular weight excluding hydrogens is 399 g/mol. The van der Waals surface area contributed by atoms with Crippen molar-refractivity contribution in [3.63, 3.8) is 0 Å². The first-order valence-electron chi connectivity index (χ1n) is 8.93. The summed E-state index contributed by atoms with van der Waals surface area (Å²) in [6.07, 6.45) is -2.75. The predicted octanol–water partition coefficient (Wildman–Crippen LogP) is 5.24. The van der Waals surface area contributed by atoms with Crippen LogP contribution in [0, 0.1) is 6.92 Å². The normalized spacial score (nSPS) is 12.1. The SMILES string of the molecule is Cc1nc(-c2ccccn2)sc1C(=O)NCC(C)(C)c1cccc(C(F)(F)F)c1. The van der Waals surface area contributed by atoms with Gasteiger partial charge in [-0.15, -0.1) is 11.3 Å². The molecule has 0 atom stereocenters. The summed E-state index contributed by atoms with van der Waals surface area (Å²) in [5.41, 5.74) is 0.392. The molecule has 0 saturated carbocycles. The van der Waals surface area contributed by atoms with Gasteiger partial charge < -0.3 is 5.32 Å². The van der Waals surface area contributed by atoms with Crippen LogP contribution < -0.4 is 5.32 Å². The molecule has 152 valence electrons. The number of pyridine rings is 1. The zero-order valence-corrected chi connectivity index (χ0v) is 17.0. The Balaban J connectivity index is 1.74. The van der Waals surface area contributed by atoms with E-state index in [-0.39, 0.29) is 12.5 Å². The highest BCUT2D eigenvalue weighted by Gasteiger charge is 2.32. The Hall–Kier alpha value is -2.74. The van der Waals surface area contributed by atoms with Gasteiger partial charge in [-0.2, -0.15) is 13.2 Å². The van der Waals surface area contributed by atoms with E-state index in [1.54, 1.807) is 39.1 Å². The third kappa shape index (κ3) is 4.82. The molecule has 0 saturated heterocycles. The zero-order valence-electron chi connectivity index (χ0n) is 16.2. The lowest BCUT2D eigenvalue weighted by atomic mass is 9.83. The molecule has 0 bridgehead atoms. The monoisotopic (exact) mass is 419 g/mol. The summed E-state index contributed by atoms with van der Waals surface area (Å²) in [6, 6.07) is 10.6. The molecule has 4 nitrogen and oxygen atoms in total. The fourth-order valence-corrected chi connectivity index (χ4v) is 3.77. The van der Waals surface area contributed by atoms with Gasteiger partial charge in [-0.05, 0) is 30.7 Å². The molecule has 0 fully saturated rings. The van der Waals surface area contributed by atoms with Gasteiger partial charge in [0.15, 0.2) is 0 Å². The highest BCUT2D eigenvalue weighted by atomic mass is 32.1. The molecule has 0 spiro atoms. The number of amides is 1. The maximum Gasteiger partial charge on any atom is 0.416 e. The Morgan fingerprint density at radius 3 is 2.48 bits per heavy atom. The summed E-state index contributed by atoms with van der Waals surface area (Å²) in [5.74, 6) is -0.303. The van der Waals surface area contributed by atoms with Gasteiger partial charge in [-0.1, -0.05) is 38.1 Å². The van der Waals surface area contributed by atoms with E-state index >= 15 is 0 Å². The van der Waals surface area contributed by atoms with Crippen molar-refractivity contribution in [2.45, 2.75) is 32.4 Å². The van der Waals surface area contributed by atoms with Gasteiger partial charge >= 0.3 is 6.18 Å². The van der Waals surface area contributed by atoms with Crippen molar-refractivity contribution in [2.24, 2.45) is 0 Å². The molecule has 1 aromatic carbocycles. The minimum atomic E-state index is -4.41. The molecule has 8 heteroatoms. The number of halogens is 3. The number of nitrogens with zero attached hydrogens (tertiary/aromatic N) is 2. The summed E-state index contributed by atoms with van der Waals surface area (Å²) in [6.45, 7) is 5.52. The second kappa shape index (κ2) is 7.94. The summed E-state index contributed by atoms with van der Waals surface area (Å²) in [4.78, 5) is 21.8. The van der Waals surface area contributed by atoms with Crippen molar-refractivity contribution < 1.29 is 18.0 Å². The second-order valence-electron chi connectivity index (χ2n) is 7.29. The van der Waals surface area contributed by atoms with E-state index in [1.165, 1.54) is 17.4 Å². The zero-order chi connectivity index (χ0) is 21.2. The Morgan fingerprint density at radius 2 is 1.83 bits per heavy atom. The highest BCUT2D eigenvalue weighted by Crippen LogP contribution is 2.33. The van der Waals surface area contributed by atoms with E-state index in [0.29, 0.717) is 26.8 Å². The van der Waals surface area contributed by atoms with Crippen LogP contribution in [0.25, 0.3) is 10.7 Å². The van der Waals surface area contributed by atoms with E-state index in [1.807, 2.05) is 12.1 Å². The van der Waals surface area contributed by atoms with Crippen LogP contribution in [0.15, 0.2) is 48.7 Å². The lowest BCUT2D eigenvalue weighted by Crippen LogP contribution is -2.36. The van der Waals surface area contributed by atoms with Crippen LogP contribution in [0.2, 0.25) is 0 Å². The van der Waals surface area contributed by atoms with Gasteiger partial charge in [-0.25, -0.2) is 4.98 Å². The van der Waals surface area contributed by atoms with Crippen molar-refractivity contribution in [1.82, 2.24) is 15.3 Å². The number of carbonyl (C=O) groups excluding carboxylic acids is 1. The molecular formula is C21H20F3N3OS. The fourth-order valence-electron chi connectivity index (χ4n) is 2.81. The molecule has 0 aliphatic carbocycles. The summed E-state index contributed by atoms with van der Waals surface area (Å²) < 4.78 is 39.0. The number of thiazole rings is 1. The van der Waals surface area contributed by atoms with Crippen LogP contribution in [0.1, 0.15) is 40.3 Å². The number of benzene rings is 1. The maximum absolute atomic E-state index is 13.0. The molecule has 0 aliphatic rings. The van der Waals surface area contributed by atoms with Crippen molar-refractivity contribution in [2.75, 3.05) is 6.54 Å². The largest absolute Gasteiger partial charge is 0.416 e. The molecule has 1 N–H and O–H groups in total. The van der Waals surface area contributed by atoms with Gasteiger partial charge in [0.1, 0.15) is 9.88 Å². The number of aromatic nitrogens is 2. The Bertz CT molecular complexity index is 1010. The van der Waals surface area contributed by atoms with E-state index < -0.39 is 17.2 Å². The molecule has 29 heavy (non-hydrogen) atoms.